The monoisotopic (exact) mass is 296 g/mol. The van der Waals surface area contributed by atoms with Crippen molar-refractivity contribution in [2.45, 2.75) is 13.0 Å². The van der Waals surface area contributed by atoms with Crippen LogP contribution in [0.4, 0.5) is 5.13 Å². The van der Waals surface area contributed by atoms with Crippen molar-refractivity contribution in [3.05, 3.63) is 45.9 Å². The van der Waals surface area contributed by atoms with E-state index in [0.717, 1.165) is 5.56 Å². The normalized spacial score (nSPS) is 12.2. The minimum absolute atomic E-state index is 0.0616. The number of aromatic carboxylic acids is 1. The van der Waals surface area contributed by atoms with Crippen LogP contribution < -0.4 is 4.90 Å². The first-order chi connectivity index (χ1) is 8.99. The maximum Gasteiger partial charge on any atom is 0.355 e. The molecule has 1 atom stereocenters. The Morgan fingerprint density at radius 2 is 2.26 bits per heavy atom. The quantitative estimate of drug-likeness (QED) is 0.935. The lowest BCUT2D eigenvalue weighted by Gasteiger charge is -2.24. The molecule has 0 fully saturated rings. The minimum atomic E-state index is -1.01. The fourth-order valence-electron chi connectivity index (χ4n) is 1.68. The van der Waals surface area contributed by atoms with Crippen LogP contribution in [0.2, 0.25) is 5.02 Å². The molecule has 1 aromatic heterocycles. The second kappa shape index (κ2) is 5.59. The number of halogens is 1. The molecular formula is C13H13ClN2O2S. The number of carboxylic acids is 1. The summed E-state index contributed by atoms with van der Waals surface area (Å²) < 4.78 is 0. The van der Waals surface area contributed by atoms with Gasteiger partial charge in [0.15, 0.2) is 10.8 Å². The second-order valence-corrected chi connectivity index (χ2v) is 5.44. The predicted molar refractivity (Wildman–Crippen MR) is 77.3 cm³/mol. The highest BCUT2D eigenvalue weighted by atomic mass is 35.5. The lowest BCUT2D eigenvalue weighted by molar-refractivity contribution is 0.0691. The van der Waals surface area contributed by atoms with Crippen LogP contribution in [0.1, 0.15) is 29.0 Å². The summed E-state index contributed by atoms with van der Waals surface area (Å²) in [5.41, 5.74) is 1.13. The molecule has 19 heavy (non-hydrogen) atoms. The molecule has 1 unspecified atom stereocenters. The van der Waals surface area contributed by atoms with Crippen molar-refractivity contribution in [1.29, 1.82) is 0 Å². The molecular weight excluding hydrogens is 284 g/mol. The van der Waals surface area contributed by atoms with E-state index in [-0.39, 0.29) is 11.7 Å². The number of nitrogens with zero attached hydrogens (tertiary/aromatic N) is 2. The van der Waals surface area contributed by atoms with Gasteiger partial charge in [-0.1, -0.05) is 23.7 Å². The van der Waals surface area contributed by atoms with Gasteiger partial charge >= 0.3 is 5.97 Å². The van der Waals surface area contributed by atoms with E-state index in [4.69, 9.17) is 16.7 Å². The van der Waals surface area contributed by atoms with Gasteiger partial charge in [0, 0.05) is 17.5 Å². The summed E-state index contributed by atoms with van der Waals surface area (Å²) in [5.74, 6) is -1.01. The van der Waals surface area contributed by atoms with Gasteiger partial charge in [0.05, 0.1) is 6.04 Å². The van der Waals surface area contributed by atoms with E-state index < -0.39 is 5.97 Å². The van der Waals surface area contributed by atoms with Crippen LogP contribution in [0.25, 0.3) is 0 Å². The van der Waals surface area contributed by atoms with Crippen molar-refractivity contribution < 1.29 is 9.90 Å². The molecule has 0 aliphatic rings. The van der Waals surface area contributed by atoms with Crippen molar-refractivity contribution in [2.75, 3.05) is 11.9 Å². The van der Waals surface area contributed by atoms with Crippen LogP contribution in [0.3, 0.4) is 0 Å². The Balaban J connectivity index is 2.22. The lowest BCUT2D eigenvalue weighted by Crippen LogP contribution is -2.21. The molecule has 1 heterocycles. The molecule has 6 heteroatoms. The molecule has 0 saturated carbocycles. The smallest absolute Gasteiger partial charge is 0.355 e. The largest absolute Gasteiger partial charge is 0.476 e. The third-order valence-corrected chi connectivity index (χ3v) is 4.09. The third kappa shape index (κ3) is 3.05. The lowest BCUT2D eigenvalue weighted by atomic mass is 10.1. The molecule has 0 saturated heterocycles. The average molecular weight is 297 g/mol. The Morgan fingerprint density at radius 1 is 1.53 bits per heavy atom. The number of hydrogen-bond acceptors (Lipinski definition) is 4. The predicted octanol–water partition coefficient (Wildman–Crippen LogP) is 3.69. The highest BCUT2D eigenvalue weighted by molar-refractivity contribution is 7.13. The molecule has 0 aliphatic heterocycles. The number of anilines is 1. The van der Waals surface area contributed by atoms with Gasteiger partial charge in [0.25, 0.3) is 0 Å². The number of aromatic nitrogens is 1. The van der Waals surface area contributed by atoms with Crippen molar-refractivity contribution in [3.8, 4) is 0 Å². The maximum absolute atomic E-state index is 10.8. The zero-order chi connectivity index (χ0) is 14.0. The number of thiazole rings is 1. The molecule has 0 radical (unpaired) electrons. The number of carboxylic acid groups (broad SMARTS) is 1. The molecule has 0 bridgehead atoms. The summed E-state index contributed by atoms with van der Waals surface area (Å²) in [6.07, 6.45) is 0. The zero-order valence-corrected chi connectivity index (χ0v) is 12.1. The van der Waals surface area contributed by atoms with E-state index in [0.29, 0.717) is 10.2 Å². The van der Waals surface area contributed by atoms with E-state index in [1.165, 1.54) is 11.3 Å². The standard InChI is InChI=1S/C13H13ClN2O2S/c1-8(9-4-3-5-10(14)6-9)16(2)13-15-11(7-19-13)12(17)18/h3-8H,1-2H3,(H,17,18). The van der Waals surface area contributed by atoms with Crippen LogP contribution in [-0.4, -0.2) is 23.1 Å². The Labute approximate surface area is 120 Å². The molecule has 4 nitrogen and oxygen atoms in total. The molecule has 2 rings (SSSR count). The Kier molecular flexibility index (Phi) is 4.07. The topological polar surface area (TPSA) is 53.4 Å². The van der Waals surface area contributed by atoms with Crippen molar-refractivity contribution >= 4 is 34.0 Å². The number of carbonyl (C=O) groups is 1. The van der Waals surface area contributed by atoms with Crippen LogP contribution in [0.5, 0.6) is 0 Å². The first-order valence-corrected chi connectivity index (χ1v) is 6.92. The average Bonchev–Trinajstić information content (AvgIpc) is 2.86. The van der Waals surface area contributed by atoms with Crippen LogP contribution >= 0.6 is 22.9 Å². The van der Waals surface area contributed by atoms with Crippen molar-refractivity contribution in [1.82, 2.24) is 4.98 Å². The van der Waals surface area contributed by atoms with Gasteiger partial charge in [-0.15, -0.1) is 11.3 Å². The Bertz CT molecular complexity index is 600. The van der Waals surface area contributed by atoms with E-state index >= 15 is 0 Å². The number of benzene rings is 1. The summed E-state index contributed by atoms with van der Waals surface area (Å²) in [6, 6.07) is 7.66. The molecule has 1 aromatic carbocycles. The van der Waals surface area contributed by atoms with Gasteiger partial charge in [-0.3, -0.25) is 0 Å². The summed E-state index contributed by atoms with van der Waals surface area (Å²) in [6.45, 7) is 2.02. The van der Waals surface area contributed by atoms with Gasteiger partial charge in [-0.05, 0) is 24.6 Å². The van der Waals surface area contributed by atoms with Gasteiger partial charge in [-0.25, -0.2) is 9.78 Å². The Morgan fingerprint density at radius 3 is 2.84 bits per heavy atom. The summed E-state index contributed by atoms with van der Waals surface area (Å²) >= 11 is 7.29. The second-order valence-electron chi connectivity index (χ2n) is 4.16. The van der Waals surface area contributed by atoms with E-state index in [1.807, 2.05) is 43.1 Å². The van der Waals surface area contributed by atoms with Gasteiger partial charge in [0.1, 0.15) is 0 Å². The molecule has 1 N–H and O–H groups in total. The fraction of sp³-hybridized carbons (Fsp3) is 0.231. The zero-order valence-electron chi connectivity index (χ0n) is 10.5. The maximum atomic E-state index is 10.8. The van der Waals surface area contributed by atoms with Crippen LogP contribution in [-0.2, 0) is 0 Å². The van der Waals surface area contributed by atoms with Gasteiger partial charge in [-0.2, -0.15) is 0 Å². The summed E-state index contributed by atoms with van der Waals surface area (Å²) in [5, 5.41) is 11.8. The summed E-state index contributed by atoms with van der Waals surface area (Å²) in [7, 11) is 1.88. The minimum Gasteiger partial charge on any atom is -0.476 e. The number of hydrogen-bond donors (Lipinski definition) is 1. The molecule has 0 aliphatic carbocycles. The van der Waals surface area contributed by atoms with Crippen molar-refractivity contribution in [3.63, 3.8) is 0 Å². The molecule has 100 valence electrons. The summed E-state index contributed by atoms with van der Waals surface area (Å²) in [4.78, 5) is 16.9. The fourth-order valence-corrected chi connectivity index (χ4v) is 2.72. The van der Waals surface area contributed by atoms with E-state index in [2.05, 4.69) is 4.98 Å². The highest BCUT2D eigenvalue weighted by Gasteiger charge is 2.17. The van der Waals surface area contributed by atoms with Gasteiger partial charge < -0.3 is 10.0 Å². The van der Waals surface area contributed by atoms with Crippen LogP contribution in [0, 0.1) is 0 Å². The molecule has 0 amide bonds. The Hall–Kier alpha value is -1.59. The number of rotatable bonds is 4. The first-order valence-electron chi connectivity index (χ1n) is 5.66. The van der Waals surface area contributed by atoms with E-state index in [9.17, 15) is 4.79 Å². The van der Waals surface area contributed by atoms with Crippen LogP contribution in [0.15, 0.2) is 29.6 Å². The highest BCUT2D eigenvalue weighted by Crippen LogP contribution is 2.29. The first kappa shape index (κ1) is 13.8. The molecule has 2 aromatic rings. The van der Waals surface area contributed by atoms with E-state index in [1.54, 1.807) is 5.38 Å². The third-order valence-electron chi connectivity index (χ3n) is 2.92. The molecule has 0 spiro atoms. The van der Waals surface area contributed by atoms with Gasteiger partial charge in [0.2, 0.25) is 0 Å². The van der Waals surface area contributed by atoms with Crippen molar-refractivity contribution in [2.24, 2.45) is 0 Å². The SMILES string of the molecule is CC(c1cccc(Cl)c1)N(C)c1nc(C(=O)O)cs1.